The van der Waals surface area contributed by atoms with E-state index in [0.29, 0.717) is 17.7 Å². The van der Waals surface area contributed by atoms with Gasteiger partial charge < -0.3 is 15.2 Å². The molecular formula is C21H19N5O. The van der Waals surface area contributed by atoms with Crippen LogP contribution in [0.1, 0.15) is 32.9 Å². The lowest BCUT2D eigenvalue weighted by molar-refractivity contribution is 0.0999. The summed E-state index contributed by atoms with van der Waals surface area (Å²) >= 11 is 0. The van der Waals surface area contributed by atoms with Gasteiger partial charge in [0.1, 0.15) is 11.9 Å². The molecule has 0 unspecified atom stereocenters. The second kappa shape index (κ2) is 6.61. The number of para-hydroxylation sites is 1. The fraction of sp³-hybridized carbons (Fsp3) is 0.190. The Labute approximate surface area is 157 Å². The van der Waals surface area contributed by atoms with Crippen LogP contribution in [-0.4, -0.2) is 22.0 Å². The van der Waals surface area contributed by atoms with Crippen molar-refractivity contribution in [2.75, 3.05) is 11.4 Å². The molecule has 1 aromatic carbocycles. The Hall–Kier alpha value is -3.59. The first kappa shape index (κ1) is 16.9. The highest BCUT2D eigenvalue weighted by Crippen LogP contribution is 2.32. The van der Waals surface area contributed by atoms with Crippen LogP contribution in [0.4, 0.5) is 5.82 Å². The molecule has 27 heavy (non-hydrogen) atoms. The van der Waals surface area contributed by atoms with Gasteiger partial charge in [-0.1, -0.05) is 18.2 Å². The van der Waals surface area contributed by atoms with Crippen LogP contribution in [0.3, 0.4) is 0 Å². The molecule has 3 heterocycles. The quantitative estimate of drug-likeness (QED) is 0.781. The standard InChI is InChI=1S/C21H19N5O/c1-14-20(21(23)27)17-13-25(19-8-7-15(11-22)12-24-19)10-9-18(17)26(14)16-5-3-2-4-6-16/h2-8,12H,9-10,13H2,1H3,(H2,23,27). The predicted octanol–water partition coefficient (Wildman–Crippen LogP) is 2.71. The number of anilines is 1. The number of hydrogen-bond acceptors (Lipinski definition) is 4. The van der Waals surface area contributed by atoms with E-state index in [1.807, 2.05) is 43.3 Å². The van der Waals surface area contributed by atoms with Gasteiger partial charge in [-0.25, -0.2) is 4.98 Å². The van der Waals surface area contributed by atoms with Crippen molar-refractivity contribution in [1.82, 2.24) is 9.55 Å². The number of hydrogen-bond donors (Lipinski definition) is 1. The van der Waals surface area contributed by atoms with Gasteiger partial charge in [-0.05, 0) is 31.2 Å². The highest BCUT2D eigenvalue weighted by atomic mass is 16.1. The molecule has 1 aliphatic rings. The van der Waals surface area contributed by atoms with Crippen LogP contribution in [0.15, 0.2) is 48.7 Å². The topological polar surface area (TPSA) is 87.9 Å². The lowest BCUT2D eigenvalue weighted by Gasteiger charge is -2.29. The minimum Gasteiger partial charge on any atom is -0.366 e. The molecule has 0 atom stereocenters. The third-order valence-corrected chi connectivity index (χ3v) is 5.05. The summed E-state index contributed by atoms with van der Waals surface area (Å²) in [5.41, 5.74) is 10.8. The largest absolute Gasteiger partial charge is 0.366 e. The molecule has 1 amide bonds. The average molecular weight is 357 g/mol. The predicted molar refractivity (Wildman–Crippen MR) is 103 cm³/mol. The molecule has 0 fully saturated rings. The number of aromatic nitrogens is 2. The van der Waals surface area contributed by atoms with Gasteiger partial charge in [0.15, 0.2) is 0 Å². The van der Waals surface area contributed by atoms with Crippen molar-refractivity contribution in [3.63, 3.8) is 0 Å². The van der Waals surface area contributed by atoms with E-state index in [9.17, 15) is 4.79 Å². The van der Waals surface area contributed by atoms with Crippen LogP contribution in [0.2, 0.25) is 0 Å². The first-order valence-corrected chi connectivity index (χ1v) is 8.79. The van der Waals surface area contributed by atoms with Crippen molar-refractivity contribution < 1.29 is 4.79 Å². The molecule has 0 saturated carbocycles. The summed E-state index contributed by atoms with van der Waals surface area (Å²) in [7, 11) is 0. The van der Waals surface area contributed by atoms with Gasteiger partial charge in [-0.3, -0.25) is 4.79 Å². The molecule has 0 bridgehead atoms. The number of rotatable bonds is 3. The smallest absolute Gasteiger partial charge is 0.250 e. The Morgan fingerprint density at radius 2 is 2.00 bits per heavy atom. The summed E-state index contributed by atoms with van der Waals surface area (Å²) in [6.45, 7) is 3.28. The van der Waals surface area contributed by atoms with E-state index in [1.165, 1.54) is 0 Å². The maximum Gasteiger partial charge on any atom is 0.250 e. The molecular weight excluding hydrogens is 338 g/mol. The SMILES string of the molecule is Cc1c(C(N)=O)c2c(n1-c1ccccc1)CCN(c1ccc(C#N)cn1)C2. The fourth-order valence-electron chi connectivity index (χ4n) is 3.84. The van der Waals surface area contributed by atoms with Gasteiger partial charge in [0, 0.05) is 48.3 Å². The summed E-state index contributed by atoms with van der Waals surface area (Å²) in [6.07, 6.45) is 2.35. The second-order valence-electron chi connectivity index (χ2n) is 6.61. The normalized spacial score (nSPS) is 13.1. The number of amides is 1. The Morgan fingerprint density at radius 3 is 2.63 bits per heavy atom. The molecule has 3 aromatic rings. The van der Waals surface area contributed by atoms with E-state index in [4.69, 9.17) is 11.0 Å². The lowest BCUT2D eigenvalue weighted by Crippen LogP contribution is -2.32. The molecule has 0 saturated heterocycles. The van der Waals surface area contributed by atoms with Crippen molar-refractivity contribution in [2.45, 2.75) is 19.9 Å². The molecule has 0 aliphatic carbocycles. The molecule has 1 aliphatic heterocycles. The Morgan fingerprint density at radius 1 is 1.22 bits per heavy atom. The molecule has 2 aromatic heterocycles. The maximum atomic E-state index is 12.2. The van der Waals surface area contributed by atoms with Gasteiger partial charge >= 0.3 is 0 Å². The van der Waals surface area contributed by atoms with Crippen LogP contribution in [0.5, 0.6) is 0 Å². The van der Waals surface area contributed by atoms with E-state index >= 15 is 0 Å². The number of nitrogens with two attached hydrogens (primary N) is 1. The first-order valence-electron chi connectivity index (χ1n) is 8.79. The number of fused-ring (bicyclic) bond motifs is 1. The van der Waals surface area contributed by atoms with Crippen LogP contribution in [0.25, 0.3) is 5.69 Å². The van der Waals surface area contributed by atoms with Crippen LogP contribution >= 0.6 is 0 Å². The number of nitrogens with zero attached hydrogens (tertiary/aromatic N) is 4. The minimum absolute atomic E-state index is 0.409. The average Bonchev–Trinajstić information content (AvgIpc) is 2.99. The van der Waals surface area contributed by atoms with Crippen molar-refractivity contribution in [1.29, 1.82) is 5.26 Å². The van der Waals surface area contributed by atoms with Crippen LogP contribution in [-0.2, 0) is 13.0 Å². The zero-order valence-electron chi connectivity index (χ0n) is 15.0. The first-order chi connectivity index (χ1) is 13.1. The second-order valence-corrected chi connectivity index (χ2v) is 6.61. The molecule has 6 nitrogen and oxygen atoms in total. The van der Waals surface area contributed by atoms with Gasteiger partial charge in [0.25, 0.3) is 5.91 Å². The molecule has 4 rings (SSSR count). The Bertz CT molecular complexity index is 1040. The number of carbonyl (C=O) groups is 1. The molecule has 2 N–H and O–H groups in total. The Balaban J connectivity index is 1.79. The van der Waals surface area contributed by atoms with Crippen LogP contribution in [0, 0.1) is 18.3 Å². The molecule has 6 heteroatoms. The van der Waals surface area contributed by atoms with Crippen molar-refractivity contribution >= 4 is 11.7 Å². The number of nitriles is 1. The molecule has 0 spiro atoms. The summed E-state index contributed by atoms with van der Waals surface area (Å²) in [4.78, 5) is 18.7. The number of carbonyl (C=O) groups excluding carboxylic acids is 1. The van der Waals surface area contributed by atoms with Crippen molar-refractivity contribution in [3.8, 4) is 11.8 Å². The fourth-order valence-corrected chi connectivity index (χ4v) is 3.84. The summed E-state index contributed by atoms with van der Waals surface area (Å²) < 4.78 is 2.14. The monoisotopic (exact) mass is 357 g/mol. The maximum absolute atomic E-state index is 12.2. The summed E-state index contributed by atoms with van der Waals surface area (Å²) in [5.74, 6) is 0.383. The number of primary amides is 1. The third kappa shape index (κ3) is 2.83. The highest BCUT2D eigenvalue weighted by Gasteiger charge is 2.29. The van der Waals surface area contributed by atoms with E-state index in [-0.39, 0.29) is 0 Å². The van der Waals surface area contributed by atoms with Crippen molar-refractivity contribution in [3.05, 3.63) is 76.7 Å². The van der Waals surface area contributed by atoms with Gasteiger partial charge in [0.05, 0.1) is 11.1 Å². The summed E-state index contributed by atoms with van der Waals surface area (Å²) in [6, 6.07) is 15.7. The van der Waals surface area contributed by atoms with E-state index in [2.05, 4.69) is 20.5 Å². The van der Waals surface area contributed by atoms with Crippen molar-refractivity contribution in [2.24, 2.45) is 5.73 Å². The molecule has 0 radical (unpaired) electrons. The van der Waals surface area contributed by atoms with Gasteiger partial charge in [-0.2, -0.15) is 5.26 Å². The zero-order valence-corrected chi connectivity index (χ0v) is 15.0. The third-order valence-electron chi connectivity index (χ3n) is 5.05. The van der Waals surface area contributed by atoms with E-state index in [1.54, 1.807) is 12.3 Å². The lowest BCUT2D eigenvalue weighted by atomic mass is 10.0. The number of benzene rings is 1. The van der Waals surface area contributed by atoms with Gasteiger partial charge in [0.2, 0.25) is 0 Å². The summed E-state index contributed by atoms with van der Waals surface area (Å²) in [5, 5.41) is 8.95. The van der Waals surface area contributed by atoms with E-state index in [0.717, 1.165) is 41.4 Å². The number of pyridine rings is 1. The molecule has 134 valence electrons. The van der Waals surface area contributed by atoms with Gasteiger partial charge in [-0.15, -0.1) is 0 Å². The minimum atomic E-state index is -0.409. The highest BCUT2D eigenvalue weighted by molar-refractivity contribution is 5.96. The zero-order chi connectivity index (χ0) is 19.0. The van der Waals surface area contributed by atoms with Crippen LogP contribution < -0.4 is 10.6 Å². The Kier molecular flexibility index (Phi) is 4.13. The van der Waals surface area contributed by atoms with E-state index < -0.39 is 5.91 Å².